The maximum Gasteiger partial charge on any atom is 0.356 e. The fraction of sp³-hybridized carbons (Fsp3) is 0.429. The van der Waals surface area contributed by atoms with E-state index in [1.165, 1.54) is 10.8 Å². The lowest BCUT2D eigenvalue weighted by atomic mass is 10.4. The Morgan fingerprint density at radius 2 is 2.46 bits per heavy atom. The van der Waals surface area contributed by atoms with Crippen molar-refractivity contribution in [1.82, 2.24) is 9.55 Å². The molecular weight excluding hydrogens is 240 g/mol. The van der Waals surface area contributed by atoms with Crippen molar-refractivity contribution in [2.75, 3.05) is 0 Å². The van der Waals surface area contributed by atoms with E-state index in [9.17, 15) is 4.79 Å². The SMILES string of the molecule is CC(O)Cn1cc(C(=O)O)nc1Br. The highest BCUT2D eigenvalue weighted by Gasteiger charge is 2.11. The van der Waals surface area contributed by atoms with E-state index in [0.29, 0.717) is 11.3 Å². The molecule has 0 aliphatic carbocycles. The molecule has 0 amide bonds. The standard InChI is InChI=1S/C7H9BrN2O3/c1-4(11)2-10-3-5(6(12)13)9-7(10)8/h3-4,11H,2H2,1H3,(H,12,13). The second-order valence-corrected chi connectivity index (χ2v) is 3.41. The number of hydrogen-bond donors (Lipinski definition) is 2. The average Bonchev–Trinajstić information content (AvgIpc) is 2.31. The van der Waals surface area contributed by atoms with Gasteiger partial charge in [-0.25, -0.2) is 9.78 Å². The summed E-state index contributed by atoms with van der Waals surface area (Å²) in [6, 6.07) is 0. The van der Waals surface area contributed by atoms with Gasteiger partial charge in [-0.05, 0) is 22.9 Å². The second kappa shape index (κ2) is 3.89. The normalized spacial score (nSPS) is 12.8. The van der Waals surface area contributed by atoms with Crippen molar-refractivity contribution in [2.24, 2.45) is 0 Å². The highest BCUT2D eigenvalue weighted by molar-refractivity contribution is 9.10. The lowest BCUT2D eigenvalue weighted by Gasteiger charge is -2.04. The van der Waals surface area contributed by atoms with Gasteiger partial charge in [0.05, 0.1) is 12.6 Å². The summed E-state index contributed by atoms with van der Waals surface area (Å²) in [5, 5.41) is 17.7. The first-order valence-corrected chi connectivity index (χ1v) is 4.44. The Kier molecular flexibility index (Phi) is 3.05. The van der Waals surface area contributed by atoms with E-state index in [4.69, 9.17) is 10.2 Å². The van der Waals surface area contributed by atoms with Gasteiger partial charge < -0.3 is 14.8 Å². The highest BCUT2D eigenvalue weighted by atomic mass is 79.9. The van der Waals surface area contributed by atoms with Gasteiger partial charge in [0.25, 0.3) is 0 Å². The van der Waals surface area contributed by atoms with Crippen LogP contribution < -0.4 is 0 Å². The molecule has 0 aliphatic heterocycles. The van der Waals surface area contributed by atoms with E-state index in [0.717, 1.165) is 0 Å². The van der Waals surface area contributed by atoms with Gasteiger partial charge in [0.15, 0.2) is 10.4 Å². The van der Waals surface area contributed by atoms with Gasteiger partial charge in [0.2, 0.25) is 0 Å². The number of nitrogens with zero attached hydrogens (tertiary/aromatic N) is 2. The molecule has 6 heteroatoms. The number of imidazole rings is 1. The van der Waals surface area contributed by atoms with E-state index in [1.807, 2.05) is 0 Å². The molecule has 1 aromatic heterocycles. The minimum absolute atomic E-state index is 0.0347. The number of rotatable bonds is 3. The fourth-order valence-corrected chi connectivity index (χ4v) is 1.35. The summed E-state index contributed by atoms with van der Waals surface area (Å²) in [7, 11) is 0. The van der Waals surface area contributed by atoms with Gasteiger partial charge in [0, 0.05) is 6.20 Å². The number of aliphatic hydroxyl groups excluding tert-OH is 1. The maximum atomic E-state index is 10.5. The van der Waals surface area contributed by atoms with Crippen LogP contribution in [0.25, 0.3) is 0 Å². The third kappa shape index (κ3) is 2.53. The van der Waals surface area contributed by atoms with Gasteiger partial charge >= 0.3 is 5.97 Å². The molecule has 0 bridgehead atoms. The molecule has 0 aliphatic rings. The third-order valence-electron chi connectivity index (χ3n) is 1.41. The Balaban J connectivity index is 2.90. The Hall–Kier alpha value is -0.880. The summed E-state index contributed by atoms with van der Waals surface area (Å²) < 4.78 is 1.94. The molecule has 1 atom stereocenters. The van der Waals surface area contributed by atoms with Crippen molar-refractivity contribution in [2.45, 2.75) is 19.6 Å². The van der Waals surface area contributed by atoms with Crippen LogP contribution in [-0.2, 0) is 6.54 Å². The van der Waals surface area contributed by atoms with Crippen molar-refractivity contribution in [3.63, 3.8) is 0 Å². The van der Waals surface area contributed by atoms with Crippen LogP contribution in [0.3, 0.4) is 0 Å². The summed E-state index contributed by atoms with van der Waals surface area (Å²) in [6.07, 6.45) is 0.839. The highest BCUT2D eigenvalue weighted by Crippen LogP contribution is 2.11. The first-order chi connectivity index (χ1) is 6.00. The van der Waals surface area contributed by atoms with Crippen molar-refractivity contribution in [3.8, 4) is 0 Å². The summed E-state index contributed by atoms with van der Waals surface area (Å²) in [6.45, 7) is 1.94. The van der Waals surface area contributed by atoms with Gasteiger partial charge in [-0.3, -0.25) is 0 Å². The summed E-state index contributed by atoms with van der Waals surface area (Å²) in [4.78, 5) is 14.2. The van der Waals surface area contributed by atoms with E-state index in [2.05, 4.69) is 20.9 Å². The predicted octanol–water partition coefficient (Wildman–Crippen LogP) is 0.725. The third-order valence-corrected chi connectivity index (χ3v) is 2.04. The van der Waals surface area contributed by atoms with E-state index in [1.54, 1.807) is 6.92 Å². The molecule has 0 spiro atoms. The van der Waals surface area contributed by atoms with Gasteiger partial charge in [-0.2, -0.15) is 0 Å². The number of carboxylic acid groups (broad SMARTS) is 1. The fourth-order valence-electron chi connectivity index (χ4n) is 0.909. The Morgan fingerprint density at radius 3 is 2.85 bits per heavy atom. The zero-order valence-electron chi connectivity index (χ0n) is 6.94. The molecule has 0 radical (unpaired) electrons. The monoisotopic (exact) mass is 248 g/mol. The minimum atomic E-state index is -1.08. The molecule has 1 rings (SSSR count). The number of carbonyl (C=O) groups is 1. The topological polar surface area (TPSA) is 75.4 Å². The number of hydrogen-bond acceptors (Lipinski definition) is 3. The molecular formula is C7H9BrN2O3. The molecule has 1 unspecified atom stereocenters. The Bertz CT molecular complexity index is 322. The molecule has 72 valence electrons. The van der Waals surface area contributed by atoms with Crippen molar-refractivity contribution < 1.29 is 15.0 Å². The lowest BCUT2D eigenvalue weighted by Crippen LogP contribution is -2.11. The molecule has 13 heavy (non-hydrogen) atoms. The Labute approximate surface area is 83.1 Å². The minimum Gasteiger partial charge on any atom is -0.476 e. The zero-order chi connectivity index (χ0) is 10.0. The van der Waals surface area contributed by atoms with Crippen LogP contribution in [-0.4, -0.2) is 31.8 Å². The van der Waals surface area contributed by atoms with Crippen LogP contribution in [0.4, 0.5) is 0 Å². The van der Waals surface area contributed by atoms with Gasteiger partial charge in [-0.15, -0.1) is 0 Å². The van der Waals surface area contributed by atoms with Crippen LogP contribution in [0.2, 0.25) is 0 Å². The molecule has 2 N–H and O–H groups in total. The van der Waals surface area contributed by atoms with Crippen molar-refractivity contribution in [3.05, 3.63) is 16.6 Å². The molecule has 1 aromatic rings. The summed E-state index contributed by atoms with van der Waals surface area (Å²) >= 11 is 3.09. The maximum absolute atomic E-state index is 10.5. The van der Waals surface area contributed by atoms with E-state index >= 15 is 0 Å². The smallest absolute Gasteiger partial charge is 0.356 e. The molecule has 0 fully saturated rings. The molecule has 1 heterocycles. The van der Waals surface area contributed by atoms with Crippen LogP contribution in [0, 0.1) is 0 Å². The first-order valence-electron chi connectivity index (χ1n) is 3.64. The van der Waals surface area contributed by atoms with Crippen LogP contribution in [0.5, 0.6) is 0 Å². The quantitative estimate of drug-likeness (QED) is 0.827. The van der Waals surface area contributed by atoms with E-state index in [-0.39, 0.29) is 5.69 Å². The average molecular weight is 249 g/mol. The van der Waals surface area contributed by atoms with Crippen molar-refractivity contribution in [1.29, 1.82) is 0 Å². The number of aromatic nitrogens is 2. The lowest BCUT2D eigenvalue weighted by molar-refractivity contribution is 0.0690. The molecule has 0 aromatic carbocycles. The van der Waals surface area contributed by atoms with Crippen LogP contribution in [0.1, 0.15) is 17.4 Å². The molecule has 5 nitrogen and oxygen atoms in total. The van der Waals surface area contributed by atoms with Crippen LogP contribution >= 0.6 is 15.9 Å². The number of aliphatic hydroxyl groups is 1. The second-order valence-electron chi connectivity index (χ2n) is 2.70. The number of aromatic carboxylic acids is 1. The summed E-state index contributed by atoms with van der Waals surface area (Å²) in [5.74, 6) is -1.08. The molecule has 0 saturated heterocycles. The predicted molar refractivity (Wildman–Crippen MR) is 48.6 cm³/mol. The van der Waals surface area contributed by atoms with Crippen molar-refractivity contribution >= 4 is 21.9 Å². The van der Waals surface area contributed by atoms with Crippen LogP contribution in [0.15, 0.2) is 10.9 Å². The number of carboxylic acids is 1. The molecule has 0 saturated carbocycles. The number of halogens is 1. The summed E-state index contributed by atoms with van der Waals surface area (Å²) in [5.41, 5.74) is -0.0347. The Morgan fingerprint density at radius 1 is 1.85 bits per heavy atom. The van der Waals surface area contributed by atoms with E-state index < -0.39 is 12.1 Å². The van der Waals surface area contributed by atoms with Gasteiger partial charge in [-0.1, -0.05) is 0 Å². The zero-order valence-corrected chi connectivity index (χ0v) is 8.52. The van der Waals surface area contributed by atoms with Gasteiger partial charge in [0.1, 0.15) is 0 Å². The first kappa shape index (κ1) is 10.2. The largest absolute Gasteiger partial charge is 0.476 e.